The van der Waals surface area contributed by atoms with Gasteiger partial charge in [-0.25, -0.2) is 0 Å². The minimum absolute atomic E-state index is 0.179. The summed E-state index contributed by atoms with van der Waals surface area (Å²) in [4.78, 5) is 0. The lowest BCUT2D eigenvalue weighted by molar-refractivity contribution is 0.291. The number of benzene rings is 1. The van der Waals surface area contributed by atoms with E-state index in [1.807, 2.05) is 19.2 Å². The van der Waals surface area contributed by atoms with Crippen molar-refractivity contribution in [1.29, 1.82) is 0 Å². The standard InChI is InChI=1S/C13H13N3O2S/c1-3-10-5-4-6-12(15-19-17)11(10)9-18-13-7-8-16(2)14-13/h3-8H,1,9H2,2H3. The van der Waals surface area contributed by atoms with Crippen molar-refractivity contribution in [2.45, 2.75) is 6.61 Å². The third kappa shape index (κ3) is 3.17. The van der Waals surface area contributed by atoms with Crippen LogP contribution in [0.4, 0.5) is 5.69 Å². The molecule has 1 aromatic carbocycles. The van der Waals surface area contributed by atoms with Crippen LogP contribution >= 0.6 is 0 Å². The molecule has 0 atom stereocenters. The molecule has 98 valence electrons. The highest BCUT2D eigenvalue weighted by Crippen LogP contribution is 2.25. The normalized spacial score (nSPS) is 9.95. The van der Waals surface area contributed by atoms with Crippen molar-refractivity contribution in [3.63, 3.8) is 0 Å². The number of aryl methyl sites for hydroxylation is 1. The second-order valence-corrected chi connectivity index (χ2v) is 4.16. The quantitative estimate of drug-likeness (QED) is 0.843. The minimum atomic E-state index is 0.179. The van der Waals surface area contributed by atoms with E-state index in [0.717, 1.165) is 11.1 Å². The van der Waals surface area contributed by atoms with Gasteiger partial charge in [0.25, 0.3) is 0 Å². The van der Waals surface area contributed by atoms with E-state index in [1.54, 1.807) is 29.1 Å². The zero-order valence-electron chi connectivity index (χ0n) is 10.4. The maximum atomic E-state index is 10.6. The Balaban J connectivity index is 2.27. The van der Waals surface area contributed by atoms with E-state index in [1.165, 1.54) is 0 Å². The molecule has 0 fully saturated rings. The summed E-state index contributed by atoms with van der Waals surface area (Å²) in [5.41, 5.74) is 2.33. The molecule has 5 nitrogen and oxygen atoms in total. The van der Waals surface area contributed by atoms with Gasteiger partial charge in [-0.3, -0.25) is 4.68 Å². The monoisotopic (exact) mass is 275 g/mol. The van der Waals surface area contributed by atoms with Gasteiger partial charge in [-0.15, -0.1) is 5.10 Å². The predicted molar refractivity (Wildman–Crippen MR) is 74.3 cm³/mol. The molecule has 0 radical (unpaired) electrons. The van der Waals surface area contributed by atoms with E-state index < -0.39 is 0 Å². The molecule has 0 aliphatic rings. The van der Waals surface area contributed by atoms with Crippen LogP contribution in [0.1, 0.15) is 11.1 Å². The van der Waals surface area contributed by atoms with Gasteiger partial charge in [0.2, 0.25) is 17.3 Å². The first-order valence-electron chi connectivity index (χ1n) is 5.61. The fourth-order valence-electron chi connectivity index (χ4n) is 1.68. The van der Waals surface area contributed by atoms with Crippen LogP contribution in [0.3, 0.4) is 0 Å². The highest BCUT2D eigenvalue weighted by Gasteiger charge is 2.08. The summed E-state index contributed by atoms with van der Waals surface area (Å²) in [5.74, 6) is 0.530. The second kappa shape index (κ2) is 6.10. The molecule has 19 heavy (non-hydrogen) atoms. The Morgan fingerprint density at radius 2 is 2.37 bits per heavy atom. The summed E-state index contributed by atoms with van der Waals surface area (Å²) in [7, 11) is 1.82. The molecule has 0 unspecified atom stereocenters. The van der Waals surface area contributed by atoms with Gasteiger partial charge in [0, 0.05) is 24.9 Å². The van der Waals surface area contributed by atoms with E-state index in [2.05, 4.69) is 16.0 Å². The number of rotatable bonds is 5. The van der Waals surface area contributed by atoms with Crippen molar-refractivity contribution in [2.24, 2.45) is 11.4 Å². The highest BCUT2D eigenvalue weighted by atomic mass is 32.1. The molecule has 0 aliphatic carbocycles. The first-order chi connectivity index (χ1) is 9.24. The maximum absolute atomic E-state index is 10.6. The third-order valence-electron chi connectivity index (χ3n) is 2.60. The largest absolute Gasteiger partial charge is 0.472 e. The van der Waals surface area contributed by atoms with Crippen LogP contribution in [0.2, 0.25) is 0 Å². The summed E-state index contributed by atoms with van der Waals surface area (Å²) < 4.78 is 21.7. The molecular weight excluding hydrogens is 262 g/mol. The molecule has 1 aromatic heterocycles. The zero-order chi connectivity index (χ0) is 13.7. The number of aromatic nitrogens is 2. The topological polar surface area (TPSA) is 56.5 Å². The van der Waals surface area contributed by atoms with Gasteiger partial charge in [-0.1, -0.05) is 24.8 Å². The molecule has 0 amide bonds. The Hall–Kier alpha value is -2.21. The second-order valence-electron chi connectivity index (χ2n) is 3.83. The van der Waals surface area contributed by atoms with E-state index >= 15 is 0 Å². The molecule has 0 aliphatic heterocycles. The van der Waals surface area contributed by atoms with Gasteiger partial charge in [0.1, 0.15) is 6.61 Å². The average Bonchev–Trinajstić information content (AvgIpc) is 2.83. The number of hydrogen-bond acceptors (Lipinski definition) is 4. The Morgan fingerprint density at radius 1 is 1.53 bits per heavy atom. The van der Waals surface area contributed by atoms with Crippen molar-refractivity contribution < 1.29 is 8.95 Å². The van der Waals surface area contributed by atoms with Crippen LogP contribution in [0.5, 0.6) is 5.88 Å². The summed E-state index contributed by atoms with van der Waals surface area (Å²) in [6, 6.07) is 7.28. The van der Waals surface area contributed by atoms with Gasteiger partial charge < -0.3 is 4.74 Å². The molecule has 6 heteroatoms. The van der Waals surface area contributed by atoms with Gasteiger partial charge in [-0.2, -0.15) is 8.57 Å². The van der Waals surface area contributed by atoms with Crippen LogP contribution in [0.25, 0.3) is 6.08 Å². The molecule has 2 rings (SSSR count). The third-order valence-corrected chi connectivity index (χ3v) is 2.87. The highest BCUT2D eigenvalue weighted by molar-refractivity contribution is 7.54. The van der Waals surface area contributed by atoms with Crippen LogP contribution < -0.4 is 4.74 Å². The SMILES string of the molecule is C=Cc1cccc(N=S=O)c1COc1ccn(C)n1. The fraction of sp³-hybridized carbons (Fsp3) is 0.154. The smallest absolute Gasteiger partial charge is 0.233 e. The Morgan fingerprint density at radius 3 is 3.00 bits per heavy atom. The Labute approximate surface area is 114 Å². The van der Waals surface area contributed by atoms with Gasteiger partial charge in [0.15, 0.2) is 0 Å². The van der Waals surface area contributed by atoms with Gasteiger partial charge in [0.05, 0.1) is 5.69 Å². The van der Waals surface area contributed by atoms with Crippen LogP contribution in [-0.4, -0.2) is 14.0 Å². The van der Waals surface area contributed by atoms with E-state index in [4.69, 9.17) is 4.74 Å². The zero-order valence-corrected chi connectivity index (χ0v) is 11.3. The minimum Gasteiger partial charge on any atom is -0.472 e. The molecule has 2 aromatic rings. The molecular formula is C13H13N3O2S. The Kier molecular flexibility index (Phi) is 4.25. The van der Waals surface area contributed by atoms with Crippen molar-refractivity contribution in [1.82, 2.24) is 9.78 Å². The lowest BCUT2D eigenvalue weighted by Crippen LogP contribution is -1.99. The molecule has 0 N–H and O–H groups in total. The van der Waals surface area contributed by atoms with Gasteiger partial charge in [-0.05, 0) is 11.6 Å². The van der Waals surface area contributed by atoms with Crippen LogP contribution in [-0.2, 0) is 25.1 Å². The Bertz CT molecular complexity index is 645. The lowest BCUT2D eigenvalue weighted by Gasteiger charge is -2.09. The van der Waals surface area contributed by atoms with Crippen molar-refractivity contribution >= 4 is 23.2 Å². The molecule has 0 saturated heterocycles. The van der Waals surface area contributed by atoms with Crippen molar-refractivity contribution in [3.05, 3.63) is 48.2 Å². The summed E-state index contributed by atoms with van der Waals surface area (Å²) in [6.45, 7) is 4.04. The predicted octanol–water partition coefficient (Wildman–Crippen LogP) is 2.67. The molecule has 0 bridgehead atoms. The number of nitrogens with zero attached hydrogens (tertiary/aromatic N) is 3. The summed E-state index contributed by atoms with van der Waals surface area (Å²) in [6.07, 6.45) is 3.51. The molecule has 0 spiro atoms. The average molecular weight is 275 g/mol. The first kappa shape index (κ1) is 13.2. The van der Waals surface area contributed by atoms with Crippen molar-refractivity contribution in [2.75, 3.05) is 0 Å². The summed E-state index contributed by atoms with van der Waals surface area (Å²) in [5, 5.41) is 4.13. The number of ether oxygens (including phenoxy) is 1. The molecule has 0 saturated carbocycles. The van der Waals surface area contributed by atoms with E-state index in [0.29, 0.717) is 18.2 Å². The van der Waals surface area contributed by atoms with E-state index in [9.17, 15) is 4.21 Å². The molecule has 1 heterocycles. The number of hydrogen-bond donors (Lipinski definition) is 0. The fourth-order valence-corrected chi connectivity index (χ4v) is 1.93. The maximum Gasteiger partial charge on any atom is 0.233 e. The summed E-state index contributed by atoms with van der Waals surface area (Å²) >= 11 is 0.179. The van der Waals surface area contributed by atoms with Crippen molar-refractivity contribution in [3.8, 4) is 5.88 Å². The van der Waals surface area contributed by atoms with Gasteiger partial charge >= 0.3 is 0 Å². The van der Waals surface area contributed by atoms with Crippen LogP contribution in [0, 0.1) is 0 Å². The lowest BCUT2D eigenvalue weighted by atomic mass is 10.1. The van der Waals surface area contributed by atoms with Crippen LogP contribution in [0.15, 0.2) is 41.4 Å². The first-order valence-corrected chi connectivity index (χ1v) is 6.31. The van der Waals surface area contributed by atoms with E-state index in [-0.39, 0.29) is 11.5 Å².